The topological polar surface area (TPSA) is 79.6 Å². The van der Waals surface area contributed by atoms with Gasteiger partial charge in [0.25, 0.3) is 0 Å². The highest BCUT2D eigenvalue weighted by molar-refractivity contribution is 5.79. The molecule has 0 atom stereocenters. The fraction of sp³-hybridized carbons (Fsp3) is 0.625. The summed E-state index contributed by atoms with van der Waals surface area (Å²) in [5.41, 5.74) is 1.16. The van der Waals surface area contributed by atoms with Gasteiger partial charge in [0.05, 0.1) is 13.7 Å². The molecule has 2 heterocycles. The first-order valence-corrected chi connectivity index (χ1v) is 12.0. The second-order valence-electron chi connectivity index (χ2n) is 8.27. The second kappa shape index (κ2) is 13.7. The lowest BCUT2D eigenvalue weighted by Crippen LogP contribution is -2.40. The van der Waals surface area contributed by atoms with Gasteiger partial charge >= 0.3 is 0 Å². The van der Waals surface area contributed by atoms with Gasteiger partial charge in [0.1, 0.15) is 17.9 Å². The number of methoxy groups -OCH3 is 1. The third kappa shape index (κ3) is 8.15. The Morgan fingerprint density at radius 3 is 2.50 bits per heavy atom. The first-order valence-electron chi connectivity index (χ1n) is 12.0. The Hall–Kier alpha value is -2.61. The van der Waals surface area contributed by atoms with Crippen LogP contribution in [0.15, 0.2) is 35.6 Å². The molecular formula is C24H39N7O. The monoisotopic (exact) mass is 441 g/mol. The number of aryl methyl sites for hydroxylation is 1. The van der Waals surface area contributed by atoms with Gasteiger partial charge in [-0.1, -0.05) is 31.9 Å². The summed E-state index contributed by atoms with van der Waals surface area (Å²) in [5, 5.41) is 15.2. The zero-order valence-electron chi connectivity index (χ0n) is 19.7. The zero-order chi connectivity index (χ0) is 22.4. The molecule has 1 aliphatic heterocycles. The molecule has 0 aliphatic carbocycles. The molecule has 1 aromatic heterocycles. The predicted molar refractivity (Wildman–Crippen MR) is 129 cm³/mol. The number of aliphatic imine (C=N–C) groups is 1. The van der Waals surface area contributed by atoms with Crippen LogP contribution in [0.3, 0.4) is 0 Å². The van der Waals surface area contributed by atoms with E-state index in [4.69, 9.17) is 9.73 Å². The van der Waals surface area contributed by atoms with Crippen molar-refractivity contribution in [1.29, 1.82) is 0 Å². The van der Waals surface area contributed by atoms with Gasteiger partial charge in [-0.25, -0.2) is 4.99 Å². The van der Waals surface area contributed by atoms with E-state index in [2.05, 4.69) is 49.4 Å². The van der Waals surface area contributed by atoms with Crippen molar-refractivity contribution in [1.82, 2.24) is 30.3 Å². The number of likely N-dealkylation sites (tertiary alicyclic amines) is 1. The molecule has 8 heteroatoms. The third-order valence-corrected chi connectivity index (χ3v) is 5.88. The first kappa shape index (κ1) is 24.0. The van der Waals surface area contributed by atoms with Gasteiger partial charge in [0.2, 0.25) is 0 Å². The Bertz CT molecular complexity index is 795. The fourth-order valence-electron chi connectivity index (χ4n) is 3.98. The molecule has 1 aromatic carbocycles. The Balaban J connectivity index is 1.50. The van der Waals surface area contributed by atoms with Crippen LogP contribution < -0.4 is 15.4 Å². The largest absolute Gasteiger partial charge is 0.497 e. The maximum absolute atomic E-state index is 5.25. The average Bonchev–Trinajstić information content (AvgIpc) is 3.12. The molecule has 0 spiro atoms. The van der Waals surface area contributed by atoms with E-state index < -0.39 is 0 Å². The maximum Gasteiger partial charge on any atom is 0.191 e. The van der Waals surface area contributed by atoms with Crippen LogP contribution in [0.4, 0.5) is 0 Å². The molecule has 2 aromatic rings. The zero-order valence-corrected chi connectivity index (χ0v) is 19.7. The van der Waals surface area contributed by atoms with Gasteiger partial charge in [-0.15, -0.1) is 10.2 Å². The normalized spacial score (nSPS) is 15.4. The quantitative estimate of drug-likeness (QED) is 0.317. The molecule has 0 radical (unpaired) electrons. The molecule has 1 saturated heterocycles. The number of aromatic nitrogens is 3. The molecular weight excluding hydrogens is 402 g/mol. The molecule has 8 nitrogen and oxygen atoms in total. The lowest BCUT2D eigenvalue weighted by Gasteiger charge is -2.20. The van der Waals surface area contributed by atoms with Gasteiger partial charge in [-0.3, -0.25) is 0 Å². The molecule has 0 saturated carbocycles. The van der Waals surface area contributed by atoms with Gasteiger partial charge in [-0.2, -0.15) is 0 Å². The number of hydrogen-bond donors (Lipinski definition) is 2. The van der Waals surface area contributed by atoms with Crippen LogP contribution in [-0.2, 0) is 19.5 Å². The lowest BCUT2D eigenvalue weighted by molar-refractivity contribution is 0.282. The molecule has 176 valence electrons. The summed E-state index contributed by atoms with van der Waals surface area (Å²) in [6.07, 6.45) is 9.24. The standard InChI is InChI=1S/C24H39N7O/c1-3-23-29-28-20-31(23)18-14-26-24(27-19-21-9-11-22(32-2)12-10-21)25-13-8-17-30-15-6-4-5-7-16-30/h9-12,20H,3-8,13-19H2,1-2H3,(H2,25,26,27). The number of nitrogens with one attached hydrogen (secondary N) is 2. The van der Waals surface area contributed by atoms with Crippen molar-refractivity contribution >= 4 is 5.96 Å². The van der Waals surface area contributed by atoms with Crippen molar-refractivity contribution in [2.24, 2.45) is 4.99 Å². The summed E-state index contributed by atoms with van der Waals surface area (Å²) in [6.45, 7) is 8.86. The minimum absolute atomic E-state index is 0.623. The average molecular weight is 442 g/mol. The van der Waals surface area contributed by atoms with Crippen LogP contribution in [0.2, 0.25) is 0 Å². The Morgan fingerprint density at radius 2 is 1.78 bits per heavy atom. The highest BCUT2D eigenvalue weighted by atomic mass is 16.5. The molecule has 0 amide bonds. The Labute approximate surface area is 192 Å². The molecule has 1 aliphatic rings. The summed E-state index contributed by atoms with van der Waals surface area (Å²) in [4.78, 5) is 7.42. The first-order chi connectivity index (χ1) is 15.8. The molecule has 3 rings (SSSR count). The highest BCUT2D eigenvalue weighted by Crippen LogP contribution is 2.12. The van der Waals surface area contributed by atoms with E-state index in [0.29, 0.717) is 6.54 Å². The number of benzene rings is 1. The van der Waals surface area contributed by atoms with Crippen LogP contribution >= 0.6 is 0 Å². The van der Waals surface area contributed by atoms with Crippen LogP contribution in [0, 0.1) is 0 Å². The van der Waals surface area contributed by atoms with E-state index in [1.807, 2.05) is 12.1 Å². The van der Waals surface area contributed by atoms with Crippen molar-refractivity contribution in [3.8, 4) is 5.75 Å². The van der Waals surface area contributed by atoms with E-state index in [1.54, 1.807) is 13.4 Å². The lowest BCUT2D eigenvalue weighted by atomic mass is 10.2. The van der Waals surface area contributed by atoms with Crippen molar-refractivity contribution < 1.29 is 4.74 Å². The van der Waals surface area contributed by atoms with Crippen LogP contribution in [0.25, 0.3) is 0 Å². The molecule has 1 fully saturated rings. The number of rotatable bonds is 11. The van der Waals surface area contributed by atoms with E-state index in [0.717, 1.165) is 62.1 Å². The van der Waals surface area contributed by atoms with Crippen molar-refractivity contribution in [3.63, 3.8) is 0 Å². The van der Waals surface area contributed by atoms with E-state index in [9.17, 15) is 0 Å². The third-order valence-electron chi connectivity index (χ3n) is 5.88. The highest BCUT2D eigenvalue weighted by Gasteiger charge is 2.08. The van der Waals surface area contributed by atoms with Crippen LogP contribution in [-0.4, -0.2) is 65.5 Å². The summed E-state index contributed by atoms with van der Waals surface area (Å²) in [7, 11) is 1.69. The summed E-state index contributed by atoms with van der Waals surface area (Å²) in [6, 6.07) is 8.07. The molecule has 0 bridgehead atoms. The molecule has 2 N–H and O–H groups in total. The second-order valence-corrected chi connectivity index (χ2v) is 8.27. The number of nitrogens with zero attached hydrogens (tertiary/aromatic N) is 5. The number of ether oxygens (including phenoxy) is 1. The van der Waals surface area contributed by atoms with E-state index >= 15 is 0 Å². The SMILES string of the molecule is CCc1nncn1CCNC(=NCc1ccc(OC)cc1)NCCCN1CCCCCC1. The van der Waals surface area contributed by atoms with Gasteiger partial charge in [0.15, 0.2) is 5.96 Å². The van der Waals surface area contributed by atoms with Crippen molar-refractivity contribution in [2.75, 3.05) is 39.8 Å². The number of hydrogen-bond acceptors (Lipinski definition) is 5. The summed E-state index contributed by atoms with van der Waals surface area (Å²) < 4.78 is 7.34. The number of guanidine groups is 1. The van der Waals surface area contributed by atoms with Crippen molar-refractivity contribution in [2.45, 2.75) is 58.5 Å². The van der Waals surface area contributed by atoms with Gasteiger partial charge in [0, 0.05) is 26.1 Å². The van der Waals surface area contributed by atoms with Crippen molar-refractivity contribution in [3.05, 3.63) is 42.0 Å². The van der Waals surface area contributed by atoms with Crippen LogP contribution in [0.5, 0.6) is 5.75 Å². The fourth-order valence-corrected chi connectivity index (χ4v) is 3.98. The minimum Gasteiger partial charge on any atom is -0.497 e. The van der Waals surface area contributed by atoms with Gasteiger partial charge < -0.3 is 24.8 Å². The summed E-state index contributed by atoms with van der Waals surface area (Å²) in [5.74, 6) is 2.72. The van der Waals surface area contributed by atoms with Gasteiger partial charge in [-0.05, 0) is 56.6 Å². The summed E-state index contributed by atoms with van der Waals surface area (Å²) >= 11 is 0. The molecule has 32 heavy (non-hydrogen) atoms. The van der Waals surface area contributed by atoms with E-state index in [-0.39, 0.29) is 0 Å². The predicted octanol–water partition coefficient (Wildman–Crippen LogP) is 2.85. The molecule has 0 unspecified atom stereocenters. The smallest absolute Gasteiger partial charge is 0.191 e. The Morgan fingerprint density at radius 1 is 1.03 bits per heavy atom. The van der Waals surface area contributed by atoms with E-state index in [1.165, 1.54) is 38.8 Å². The Kier molecular flexibility index (Phi) is 10.3. The maximum atomic E-state index is 5.25. The minimum atomic E-state index is 0.623. The van der Waals surface area contributed by atoms with Crippen LogP contribution in [0.1, 0.15) is 50.4 Å².